The van der Waals surface area contributed by atoms with Crippen molar-refractivity contribution >= 4 is 16.6 Å². The summed E-state index contributed by atoms with van der Waals surface area (Å²) in [5.41, 5.74) is 0.554. The summed E-state index contributed by atoms with van der Waals surface area (Å²) in [5, 5.41) is 19.6. The molecular weight excluding hydrogens is 396 g/mol. The van der Waals surface area contributed by atoms with Crippen LogP contribution in [0.4, 0.5) is 5.82 Å². The molecule has 1 aliphatic heterocycles. The number of anilines is 1. The predicted octanol–water partition coefficient (Wildman–Crippen LogP) is 3.58. The molecule has 8 heteroatoms. The van der Waals surface area contributed by atoms with Crippen LogP contribution in [0.1, 0.15) is 18.4 Å². The van der Waals surface area contributed by atoms with Gasteiger partial charge in [-0.1, -0.05) is 12.1 Å². The summed E-state index contributed by atoms with van der Waals surface area (Å²) in [4.78, 5) is 2.19. The Morgan fingerprint density at radius 3 is 2.39 bits per heavy atom. The molecule has 0 saturated carbocycles. The fourth-order valence-corrected chi connectivity index (χ4v) is 3.95. The van der Waals surface area contributed by atoms with Crippen molar-refractivity contribution in [1.29, 1.82) is 5.26 Å². The summed E-state index contributed by atoms with van der Waals surface area (Å²) >= 11 is 0. The third-order valence-electron chi connectivity index (χ3n) is 5.49. The number of rotatable bonds is 6. The lowest BCUT2D eigenvalue weighted by Crippen LogP contribution is -2.39. The van der Waals surface area contributed by atoms with Crippen molar-refractivity contribution in [3.05, 3.63) is 42.1 Å². The van der Waals surface area contributed by atoms with Crippen LogP contribution in [0.15, 0.2) is 36.5 Å². The molecule has 1 saturated heterocycles. The number of hydrogen-bond donors (Lipinski definition) is 0. The SMILES string of the molecule is COc1cc2c(N3CCC(Oc4ccccc4C#N)CC3)nncc2c(OC)c1OC. The highest BCUT2D eigenvalue weighted by molar-refractivity contribution is 5.99. The maximum atomic E-state index is 9.28. The average molecular weight is 420 g/mol. The summed E-state index contributed by atoms with van der Waals surface area (Å²) in [5.74, 6) is 3.08. The normalized spacial score (nSPS) is 14.2. The summed E-state index contributed by atoms with van der Waals surface area (Å²) in [6, 6.07) is 11.4. The van der Waals surface area contributed by atoms with Crippen molar-refractivity contribution in [2.24, 2.45) is 0 Å². The predicted molar refractivity (Wildman–Crippen MR) is 116 cm³/mol. The van der Waals surface area contributed by atoms with Crippen LogP contribution < -0.4 is 23.8 Å². The van der Waals surface area contributed by atoms with Gasteiger partial charge < -0.3 is 23.8 Å². The lowest BCUT2D eigenvalue weighted by molar-refractivity contribution is 0.170. The molecule has 1 aromatic heterocycles. The second-order valence-electron chi connectivity index (χ2n) is 7.19. The number of nitriles is 1. The molecule has 3 aromatic rings. The van der Waals surface area contributed by atoms with Crippen LogP contribution in [0, 0.1) is 11.3 Å². The summed E-state index contributed by atoms with van der Waals surface area (Å²) in [6.07, 6.45) is 3.33. The van der Waals surface area contributed by atoms with Gasteiger partial charge in [-0.25, -0.2) is 0 Å². The van der Waals surface area contributed by atoms with Gasteiger partial charge in [0.25, 0.3) is 0 Å². The molecule has 0 amide bonds. The Balaban J connectivity index is 1.59. The smallest absolute Gasteiger partial charge is 0.204 e. The van der Waals surface area contributed by atoms with Crippen LogP contribution in [-0.4, -0.2) is 50.7 Å². The largest absolute Gasteiger partial charge is 0.493 e. The standard InChI is InChI=1S/C23H24N4O4/c1-28-20-12-17-18(21(29-2)22(20)30-3)14-25-26-23(17)27-10-8-16(9-11-27)31-19-7-5-4-6-15(19)13-24/h4-7,12,14,16H,8-11H2,1-3H3. The second kappa shape index (κ2) is 8.96. The molecule has 0 radical (unpaired) electrons. The van der Waals surface area contributed by atoms with E-state index in [9.17, 15) is 5.26 Å². The van der Waals surface area contributed by atoms with Crippen molar-refractivity contribution < 1.29 is 18.9 Å². The highest BCUT2D eigenvalue weighted by Crippen LogP contribution is 2.45. The van der Waals surface area contributed by atoms with E-state index in [-0.39, 0.29) is 6.10 Å². The minimum atomic E-state index is 0.0397. The maximum absolute atomic E-state index is 9.28. The first-order valence-corrected chi connectivity index (χ1v) is 10.0. The van der Waals surface area contributed by atoms with Gasteiger partial charge in [0, 0.05) is 31.3 Å². The van der Waals surface area contributed by atoms with Gasteiger partial charge >= 0.3 is 0 Å². The van der Waals surface area contributed by atoms with Crippen molar-refractivity contribution in [1.82, 2.24) is 10.2 Å². The quantitative estimate of drug-likeness (QED) is 0.598. The molecule has 2 aromatic carbocycles. The van der Waals surface area contributed by atoms with E-state index < -0.39 is 0 Å². The molecule has 0 bridgehead atoms. The molecule has 0 unspecified atom stereocenters. The van der Waals surface area contributed by atoms with Crippen LogP contribution in [0.3, 0.4) is 0 Å². The van der Waals surface area contributed by atoms with Gasteiger partial charge in [0.05, 0.1) is 38.5 Å². The van der Waals surface area contributed by atoms with Crippen molar-refractivity contribution in [2.75, 3.05) is 39.3 Å². The van der Waals surface area contributed by atoms with E-state index in [1.807, 2.05) is 24.3 Å². The average Bonchev–Trinajstić information content (AvgIpc) is 2.83. The molecule has 8 nitrogen and oxygen atoms in total. The first-order valence-electron chi connectivity index (χ1n) is 10.0. The Kier molecular flexibility index (Phi) is 5.94. The van der Waals surface area contributed by atoms with E-state index in [1.54, 1.807) is 33.6 Å². The van der Waals surface area contributed by atoms with Crippen LogP contribution in [0.5, 0.6) is 23.0 Å². The summed E-state index contributed by atoms with van der Waals surface area (Å²) in [7, 11) is 4.77. The van der Waals surface area contributed by atoms with E-state index in [0.717, 1.165) is 42.5 Å². The summed E-state index contributed by atoms with van der Waals surface area (Å²) in [6.45, 7) is 1.51. The Labute approximate surface area is 180 Å². The maximum Gasteiger partial charge on any atom is 0.204 e. The third-order valence-corrected chi connectivity index (χ3v) is 5.49. The summed E-state index contributed by atoms with van der Waals surface area (Å²) < 4.78 is 22.7. The van der Waals surface area contributed by atoms with Gasteiger partial charge in [0.2, 0.25) is 5.75 Å². The van der Waals surface area contributed by atoms with Crippen molar-refractivity contribution in [3.63, 3.8) is 0 Å². The Hall–Kier alpha value is -3.73. The van der Waals surface area contributed by atoms with Crippen molar-refractivity contribution in [2.45, 2.75) is 18.9 Å². The fraction of sp³-hybridized carbons (Fsp3) is 0.348. The van der Waals surface area contributed by atoms with Gasteiger partial charge in [0.1, 0.15) is 17.9 Å². The molecule has 0 spiro atoms. The van der Waals surface area contributed by atoms with Crippen molar-refractivity contribution in [3.8, 4) is 29.1 Å². The van der Waals surface area contributed by atoms with E-state index in [1.165, 1.54) is 0 Å². The number of nitrogens with zero attached hydrogens (tertiary/aromatic N) is 4. The molecular formula is C23H24N4O4. The number of hydrogen-bond acceptors (Lipinski definition) is 8. The Bertz CT molecular complexity index is 1120. The van der Waals surface area contributed by atoms with Crippen LogP contribution in [0.25, 0.3) is 10.8 Å². The van der Waals surface area contributed by atoms with E-state index in [2.05, 4.69) is 21.2 Å². The molecule has 0 atom stereocenters. The van der Waals surface area contributed by atoms with Gasteiger partial charge in [0.15, 0.2) is 17.3 Å². The zero-order valence-electron chi connectivity index (χ0n) is 17.8. The number of aromatic nitrogens is 2. The first kappa shape index (κ1) is 20.5. The molecule has 1 aliphatic rings. The van der Waals surface area contributed by atoms with Gasteiger partial charge in [-0.15, -0.1) is 5.10 Å². The number of benzene rings is 2. The number of ether oxygens (including phenoxy) is 4. The van der Waals surface area contributed by atoms with Gasteiger partial charge in [-0.3, -0.25) is 0 Å². The van der Waals surface area contributed by atoms with Crippen LogP contribution in [-0.2, 0) is 0 Å². The zero-order chi connectivity index (χ0) is 21.8. The second-order valence-corrected chi connectivity index (χ2v) is 7.19. The lowest BCUT2D eigenvalue weighted by Gasteiger charge is -2.33. The number of para-hydroxylation sites is 1. The Morgan fingerprint density at radius 2 is 1.71 bits per heavy atom. The monoisotopic (exact) mass is 420 g/mol. The first-order chi connectivity index (χ1) is 15.2. The molecule has 2 heterocycles. The highest BCUT2D eigenvalue weighted by atomic mass is 16.5. The van der Waals surface area contributed by atoms with E-state index >= 15 is 0 Å². The number of methoxy groups -OCH3 is 3. The minimum Gasteiger partial charge on any atom is -0.493 e. The molecule has 0 aliphatic carbocycles. The highest BCUT2D eigenvalue weighted by Gasteiger charge is 2.26. The third kappa shape index (κ3) is 3.87. The zero-order valence-corrected chi connectivity index (χ0v) is 17.8. The number of fused-ring (bicyclic) bond motifs is 1. The van der Waals surface area contributed by atoms with Gasteiger partial charge in [-0.2, -0.15) is 10.4 Å². The van der Waals surface area contributed by atoms with Gasteiger partial charge in [-0.05, 0) is 18.2 Å². The lowest BCUT2D eigenvalue weighted by atomic mass is 10.1. The topological polar surface area (TPSA) is 89.7 Å². The van der Waals surface area contributed by atoms with E-state index in [4.69, 9.17) is 18.9 Å². The molecule has 1 fully saturated rings. The molecule has 31 heavy (non-hydrogen) atoms. The Morgan fingerprint density at radius 1 is 0.968 bits per heavy atom. The molecule has 0 N–H and O–H groups in total. The fourth-order valence-electron chi connectivity index (χ4n) is 3.95. The van der Waals surface area contributed by atoms with Crippen LogP contribution >= 0.6 is 0 Å². The van der Waals surface area contributed by atoms with E-state index in [0.29, 0.717) is 28.6 Å². The molecule has 160 valence electrons. The molecule has 4 rings (SSSR count). The number of piperidine rings is 1. The minimum absolute atomic E-state index is 0.0397. The van der Waals surface area contributed by atoms with Crippen LogP contribution in [0.2, 0.25) is 0 Å².